The van der Waals surface area contributed by atoms with Crippen molar-refractivity contribution >= 4 is 38.8 Å². The van der Waals surface area contributed by atoms with E-state index in [0.717, 1.165) is 0 Å². The van der Waals surface area contributed by atoms with Crippen molar-refractivity contribution < 1.29 is 22.7 Å². The highest BCUT2D eigenvalue weighted by Gasteiger charge is 2.42. The second-order valence-corrected chi connectivity index (χ2v) is 11.8. The lowest BCUT2D eigenvalue weighted by Gasteiger charge is -2.34. The van der Waals surface area contributed by atoms with Crippen molar-refractivity contribution in [1.82, 2.24) is 19.5 Å². The summed E-state index contributed by atoms with van der Waals surface area (Å²) in [6, 6.07) is 2.78. The minimum atomic E-state index is -3.55. The molecule has 3 atom stereocenters. The van der Waals surface area contributed by atoms with Gasteiger partial charge in [0.25, 0.3) is 0 Å². The van der Waals surface area contributed by atoms with Crippen LogP contribution in [-0.2, 0) is 14.8 Å². The second kappa shape index (κ2) is 10.6. The number of aliphatic hydroxyl groups excluding tert-OH is 1. The zero-order valence-corrected chi connectivity index (χ0v) is 21.9. The molecule has 3 heterocycles. The smallest absolute Gasteiger partial charge is 0.213 e. The average Bonchev–Trinajstić information content (AvgIpc) is 3.46. The normalized spacial score (nSPS) is 21.5. The summed E-state index contributed by atoms with van der Waals surface area (Å²) in [4.78, 5) is 12.9. The van der Waals surface area contributed by atoms with Gasteiger partial charge >= 0.3 is 0 Å². The Labute approximate surface area is 212 Å². The monoisotopic (exact) mass is 543 g/mol. The van der Waals surface area contributed by atoms with E-state index in [4.69, 9.17) is 21.3 Å². The van der Waals surface area contributed by atoms with Crippen molar-refractivity contribution in [3.8, 4) is 0 Å². The SMILES string of the molecule is COC(O)C1=C2C[C@H](NS(=O)(=O)CCN(C)C)CN2C(c2nccs2)=N[C@H]1c1ccc(F)cc1Cl. The maximum atomic E-state index is 13.8. The highest BCUT2D eigenvalue weighted by Crippen LogP contribution is 2.43. The topological polar surface area (TPSA) is 107 Å². The average molecular weight is 544 g/mol. The van der Waals surface area contributed by atoms with Crippen LogP contribution >= 0.6 is 22.9 Å². The minimum absolute atomic E-state index is 0.0374. The Morgan fingerprint density at radius 2 is 2.20 bits per heavy atom. The predicted molar refractivity (Wildman–Crippen MR) is 133 cm³/mol. The van der Waals surface area contributed by atoms with Gasteiger partial charge in [-0.15, -0.1) is 11.3 Å². The van der Waals surface area contributed by atoms with Gasteiger partial charge in [0.1, 0.15) is 11.9 Å². The van der Waals surface area contributed by atoms with E-state index in [-0.39, 0.29) is 10.8 Å². The molecule has 1 unspecified atom stereocenters. The number of aliphatic hydroxyl groups is 1. The molecule has 0 bridgehead atoms. The number of aliphatic imine (C=N–C) groups is 1. The number of hydrogen-bond acceptors (Lipinski definition) is 9. The van der Waals surface area contributed by atoms with Crippen LogP contribution in [-0.4, -0.2) is 86.5 Å². The molecule has 0 spiro atoms. The van der Waals surface area contributed by atoms with Crippen LogP contribution in [0, 0.1) is 5.82 Å². The summed E-state index contributed by atoms with van der Waals surface area (Å²) in [6.45, 7) is 0.692. The van der Waals surface area contributed by atoms with Gasteiger partial charge in [-0.25, -0.2) is 22.5 Å². The number of nitrogens with one attached hydrogen (secondary N) is 1. The molecule has 190 valence electrons. The summed E-state index contributed by atoms with van der Waals surface area (Å²) < 4.78 is 47.2. The first-order valence-electron chi connectivity index (χ1n) is 10.9. The summed E-state index contributed by atoms with van der Waals surface area (Å²) in [7, 11) is 1.44. The number of sulfonamides is 1. The molecule has 0 radical (unpaired) electrons. The number of benzene rings is 1. The van der Waals surface area contributed by atoms with Gasteiger partial charge in [0.2, 0.25) is 10.0 Å². The fourth-order valence-electron chi connectivity index (χ4n) is 4.21. The van der Waals surface area contributed by atoms with Gasteiger partial charge in [0.15, 0.2) is 17.1 Å². The largest absolute Gasteiger partial charge is 0.364 e. The third-order valence-electron chi connectivity index (χ3n) is 5.83. The highest BCUT2D eigenvalue weighted by atomic mass is 35.5. The molecular formula is C22H27ClFN5O4S2. The van der Waals surface area contributed by atoms with Gasteiger partial charge in [-0.05, 0) is 31.8 Å². The molecule has 1 aromatic carbocycles. The summed E-state index contributed by atoms with van der Waals surface area (Å²) >= 11 is 7.78. The Bertz CT molecular complexity index is 1240. The van der Waals surface area contributed by atoms with Crippen molar-refractivity contribution in [3.05, 3.63) is 62.5 Å². The Morgan fingerprint density at radius 3 is 2.83 bits per heavy atom. The van der Waals surface area contributed by atoms with E-state index in [1.165, 1.54) is 36.6 Å². The number of halogens is 2. The van der Waals surface area contributed by atoms with Crippen LogP contribution in [0.25, 0.3) is 0 Å². The van der Waals surface area contributed by atoms with Crippen LogP contribution in [0.15, 0.2) is 46.0 Å². The molecule has 13 heteroatoms. The fourth-order valence-corrected chi connectivity index (χ4v) is 6.51. The first kappa shape index (κ1) is 26.1. The summed E-state index contributed by atoms with van der Waals surface area (Å²) in [5, 5.41) is 13.4. The lowest BCUT2D eigenvalue weighted by Crippen LogP contribution is -2.41. The standard InChI is InChI=1S/C22H27ClFN5O4S2/c1-28(2)7-9-35(31,32)27-14-11-17-18(22(30)33-3)19(15-5-4-13(24)10-16(15)23)26-20(29(17)12-14)21-25-6-8-34-21/h4-6,8,10,14,19,22,27,30H,7,9,11-12H2,1-3H3/t14-,19-,22?/m0/s1. The molecule has 0 aliphatic carbocycles. The molecular weight excluding hydrogens is 517 g/mol. The molecule has 2 aliphatic heterocycles. The number of thiazole rings is 1. The van der Waals surface area contributed by atoms with Gasteiger partial charge < -0.3 is 19.6 Å². The molecule has 0 amide bonds. The highest BCUT2D eigenvalue weighted by molar-refractivity contribution is 7.89. The molecule has 0 saturated carbocycles. The first-order chi connectivity index (χ1) is 16.6. The molecule has 1 saturated heterocycles. The maximum Gasteiger partial charge on any atom is 0.213 e. The fraction of sp³-hybridized carbons (Fsp3) is 0.455. The van der Waals surface area contributed by atoms with E-state index in [2.05, 4.69) is 9.71 Å². The zero-order valence-electron chi connectivity index (χ0n) is 19.5. The number of rotatable bonds is 9. The number of hydrogen-bond donors (Lipinski definition) is 2. The van der Waals surface area contributed by atoms with E-state index in [1.807, 2.05) is 24.4 Å². The van der Waals surface area contributed by atoms with Crippen LogP contribution < -0.4 is 4.72 Å². The van der Waals surface area contributed by atoms with Crippen molar-refractivity contribution in [2.45, 2.75) is 24.8 Å². The van der Waals surface area contributed by atoms with Crippen LogP contribution in [0.5, 0.6) is 0 Å². The van der Waals surface area contributed by atoms with E-state index in [1.54, 1.807) is 11.1 Å². The number of methoxy groups -OCH3 is 1. The van der Waals surface area contributed by atoms with Crippen LogP contribution in [0.2, 0.25) is 5.02 Å². The molecule has 2 aromatic rings. The van der Waals surface area contributed by atoms with E-state index < -0.39 is 34.2 Å². The number of ether oxygens (including phenoxy) is 1. The Balaban J connectivity index is 1.77. The van der Waals surface area contributed by atoms with Crippen molar-refractivity contribution in [2.75, 3.05) is 40.0 Å². The van der Waals surface area contributed by atoms with Gasteiger partial charge in [-0.2, -0.15) is 0 Å². The number of amidine groups is 1. The van der Waals surface area contributed by atoms with Gasteiger partial charge in [-0.3, -0.25) is 4.99 Å². The quantitative estimate of drug-likeness (QED) is 0.467. The van der Waals surface area contributed by atoms with Gasteiger partial charge in [0.05, 0.1) is 5.75 Å². The number of nitrogens with zero attached hydrogens (tertiary/aromatic N) is 4. The number of fused-ring (bicyclic) bond motifs is 1. The van der Waals surface area contributed by atoms with E-state index in [9.17, 15) is 17.9 Å². The zero-order chi connectivity index (χ0) is 25.3. The minimum Gasteiger partial charge on any atom is -0.364 e. The van der Waals surface area contributed by atoms with Gasteiger partial charge in [-0.1, -0.05) is 17.7 Å². The Kier molecular flexibility index (Phi) is 7.91. The molecule has 9 nitrogen and oxygen atoms in total. The van der Waals surface area contributed by atoms with Crippen molar-refractivity contribution in [1.29, 1.82) is 0 Å². The van der Waals surface area contributed by atoms with Gasteiger partial charge in [0, 0.05) is 60.5 Å². The van der Waals surface area contributed by atoms with Crippen LogP contribution in [0.3, 0.4) is 0 Å². The van der Waals surface area contributed by atoms with Crippen molar-refractivity contribution in [2.24, 2.45) is 4.99 Å². The summed E-state index contributed by atoms with van der Waals surface area (Å²) in [5.41, 5.74) is 1.59. The van der Waals surface area contributed by atoms with Crippen LogP contribution in [0.1, 0.15) is 23.0 Å². The molecule has 4 rings (SSSR count). The van der Waals surface area contributed by atoms with Crippen molar-refractivity contribution in [3.63, 3.8) is 0 Å². The Hall–Kier alpha value is -1.93. The molecule has 35 heavy (non-hydrogen) atoms. The number of aromatic nitrogens is 1. The third kappa shape index (κ3) is 5.74. The van der Waals surface area contributed by atoms with Crippen LogP contribution in [0.4, 0.5) is 4.39 Å². The lowest BCUT2D eigenvalue weighted by molar-refractivity contribution is -0.0500. The third-order valence-corrected chi connectivity index (χ3v) is 8.34. The predicted octanol–water partition coefficient (Wildman–Crippen LogP) is 2.21. The van der Waals surface area contributed by atoms with E-state index in [0.29, 0.717) is 47.2 Å². The Morgan fingerprint density at radius 1 is 1.43 bits per heavy atom. The van der Waals surface area contributed by atoms with E-state index >= 15 is 0 Å². The first-order valence-corrected chi connectivity index (χ1v) is 13.8. The molecule has 1 fully saturated rings. The molecule has 2 N–H and O–H groups in total. The lowest BCUT2D eigenvalue weighted by atomic mass is 9.94. The molecule has 1 aromatic heterocycles. The summed E-state index contributed by atoms with van der Waals surface area (Å²) in [6.07, 6.45) is 0.628. The summed E-state index contributed by atoms with van der Waals surface area (Å²) in [5.74, 6) is 0.00181. The second-order valence-electron chi connectivity index (χ2n) is 8.60. The maximum absolute atomic E-state index is 13.8. The molecule has 2 aliphatic rings.